The first-order valence-corrected chi connectivity index (χ1v) is 6.91. The van der Waals surface area contributed by atoms with Gasteiger partial charge in [-0.05, 0) is 25.7 Å². The smallest absolute Gasteiger partial charge is 0.227 e. The van der Waals surface area contributed by atoms with Gasteiger partial charge in [-0.25, -0.2) is 0 Å². The van der Waals surface area contributed by atoms with Crippen molar-refractivity contribution in [2.75, 3.05) is 13.1 Å². The van der Waals surface area contributed by atoms with Gasteiger partial charge in [0.25, 0.3) is 0 Å². The van der Waals surface area contributed by atoms with Crippen LogP contribution in [0, 0.1) is 5.92 Å². The van der Waals surface area contributed by atoms with Gasteiger partial charge in [0, 0.05) is 19.1 Å². The molecule has 3 atom stereocenters. The first-order valence-electron chi connectivity index (χ1n) is 6.91. The second-order valence-corrected chi connectivity index (χ2v) is 5.49. The predicted octanol–water partition coefficient (Wildman–Crippen LogP) is 0.877. The van der Waals surface area contributed by atoms with Crippen molar-refractivity contribution in [3.63, 3.8) is 0 Å². The molecule has 4 nitrogen and oxygen atoms in total. The molecule has 0 aromatic carbocycles. The zero-order valence-electron chi connectivity index (χ0n) is 10.5. The number of β-amino-alcohol motifs (C(OH)–C–C–N with tert-alkyl or cyclic N) is 1. The standard InChI is InChI=1S/C13H24N2O2/c14-12-7-3-1-2-6-11(12)13(17)15-8-4-5-10(16)9-15/h10-12,16H,1-9,14H2. The molecule has 0 aromatic heterocycles. The van der Waals surface area contributed by atoms with Crippen molar-refractivity contribution >= 4 is 5.91 Å². The molecule has 17 heavy (non-hydrogen) atoms. The summed E-state index contributed by atoms with van der Waals surface area (Å²) < 4.78 is 0. The normalized spacial score (nSPS) is 35.4. The quantitative estimate of drug-likeness (QED) is 0.669. The number of aliphatic hydroxyl groups excluding tert-OH is 1. The predicted molar refractivity (Wildman–Crippen MR) is 66.4 cm³/mol. The molecule has 0 bridgehead atoms. The first kappa shape index (κ1) is 12.8. The third kappa shape index (κ3) is 3.19. The Kier molecular flexibility index (Phi) is 4.40. The number of carbonyl (C=O) groups excluding carboxylic acids is 1. The average molecular weight is 240 g/mol. The summed E-state index contributed by atoms with van der Waals surface area (Å²) in [6.45, 7) is 1.29. The molecule has 3 N–H and O–H groups in total. The Hall–Kier alpha value is -0.610. The number of likely N-dealkylation sites (tertiary alicyclic amines) is 1. The van der Waals surface area contributed by atoms with Gasteiger partial charge in [-0.1, -0.05) is 19.3 Å². The third-order valence-corrected chi connectivity index (χ3v) is 4.09. The molecule has 1 saturated carbocycles. The minimum Gasteiger partial charge on any atom is -0.391 e. The molecule has 1 amide bonds. The second kappa shape index (κ2) is 5.83. The summed E-state index contributed by atoms with van der Waals surface area (Å²) in [7, 11) is 0. The van der Waals surface area contributed by atoms with Crippen molar-refractivity contribution in [2.45, 2.75) is 57.1 Å². The Morgan fingerprint density at radius 2 is 1.88 bits per heavy atom. The number of carbonyl (C=O) groups is 1. The first-order chi connectivity index (χ1) is 8.18. The van der Waals surface area contributed by atoms with Gasteiger partial charge >= 0.3 is 0 Å². The van der Waals surface area contributed by atoms with Crippen LogP contribution < -0.4 is 5.73 Å². The zero-order valence-corrected chi connectivity index (χ0v) is 10.5. The fraction of sp³-hybridized carbons (Fsp3) is 0.923. The third-order valence-electron chi connectivity index (χ3n) is 4.09. The minimum absolute atomic E-state index is 0.0113. The van der Waals surface area contributed by atoms with Crippen molar-refractivity contribution < 1.29 is 9.90 Å². The van der Waals surface area contributed by atoms with E-state index >= 15 is 0 Å². The van der Waals surface area contributed by atoms with Crippen molar-refractivity contribution in [3.8, 4) is 0 Å². The molecule has 2 aliphatic rings. The highest BCUT2D eigenvalue weighted by Crippen LogP contribution is 2.25. The maximum Gasteiger partial charge on any atom is 0.227 e. The molecule has 98 valence electrons. The summed E-state index contributed by atoms with van der Waals surface area (Å²) in [5.41, 5.74) is 6.11. The molecule has 1 heterocycles. The van der Waals surface area contributed by atoms with E-state index in [-0.39, 0.29) is 24.0 Å². The molecule has 0 radical (unpaired) electrons. The van der Waals surface area contributed by atoms with Crippen LogP contribution in [0.15, 0.2) is 0 Å². The molecule has 1 aliphatic carbocycles. The average Bonchev–Trinajstić information content (AvgIpc) is 2.53. The van der Waals surface area contributed by atoms with Crippen LogP contribution in [0.1, 0.15) is 44.9 Å². The summed E-state index contributed by atoms with van der Waals surface area (Å²) >= 11 is 0. The summed E-state index contributed by atoms with van der Waals surface area (Å²) in [6.07, 6.45) is 6.73. The van der Waals surface area contributed by atoms with Gasteiger partial charge < -0.3 is 15.7 Å². The Bertz CT molecular complexity index is 270. The van der Waals surface area contributed by atoms with E-state index in [1.165, 1.54) is 6.42 Å². The summed E-state index contributed by atoms with van der Waals surface area (Å²) in [5, 5.41) is 9.62. The Labute approximate surface area is 103 Å². The van der Waals surface area contributed by atoms with Crippen molar-refractivity contribution in [3.05, 3.63) is 0 Å². The van der Waals surface area contributed by atoms with Crippen LogP contribution in [0.25, 0.3) is 0 Å². The Morgan fingerprint density at radius 3 is 2.65 bits per heavy atom. The highest BCUT2D eigenvalue weighted by Gasteiger charge is 2.32. The highest BCUT2D eigenvalue weighted by atomic mass is 16.3. The van der Waals surface area contributed by atoms with Crippen LogP contribution in [0.4, 0.5) is 0 Å². The lowest BCUT2D eigenvalue weighted by molar-refractivity contribution is -0.139. The summed E-state index contributed by atoms with van der Waals surface area (Å²) in [5.74, 6) is 0.168. The molecule has 4 heteroatoms. The van der Waals surface area contributed by atoms with Crippen molar-refractivity contribution in [1.29, 1.82) is 0 Å². The molecule has 0 spiro atoms. The van der Waals surface area contributed by atoms with Crippen LogP contribution in [0.3, 0.4) is 0 Å². The summed E-state index contributed by atoms with van der Waals surface area (Å²) in [4.78, 5) is 14.2. The summed E-state index contributed by atoms with van der Waals surface area (Å²) in [6, 6.07) is 0.0177. The topological polar surface area (TPSA) is 66.6 Å². The van der Waals surface area contributed by atoms with Crippen LogP contribution >= 0.6 is 0 Å². The fourth-order valence-electron chi connectivity index (χ4n) is 3.03. The fourth-order valence-corrected chi connectivity index (χ4v) is 3.03. The van der Waals surface area contributed by atoms with E-state index in [1.54, 1.807) is 0 Å². The largest absolute Gasteiger partial charge is 0.391 e. The number of hydrogen-bond donors (Lipinski definition) is 2. The van der Waals surface area contributed by atoms with E-state index in [0.29, 0.717) is 6.54 Å². The lowest BCUT2D eigenvalue weighted by Crippen LogP contribution is -2.48. The monoisotopic (exact) mass is 240 g/mol. The SMILES string of the molecule is NC1CCCCCC1C(=O)N1CCCC(O)C1. The Morgan fingerprint density at radius 1 is 1.12 bits per heavy atom. The van der Waals surface area contributed by atoms with E-state index in [2.05, 4.69) is 0 Å². The highest BCUT2D eigenvalue weighted by molar-refractivity contribution is 5.79. The van der Waals surface area contributed by atoms with Gasteiger partial charge in [0.1, 0.15) is 0 Å². The molecule has 2 fully saturated rings. The van der Waals surface area contributed by atoms with Gasteiger partial charge in [-0.15, -0.1) is 0 Å². The maximum absolute atomic E-state index is 12.4. The van der Waals surface area contributed by atoms with E-state index < -0.39 is 0 Å². The molecule has 0 aromatic rings. The van der Waals surface area contributed by atoms with Crippen LogP contribution in [0.2, 0.25) is 0 Å². The minimum atomic E-state index is -0.338. The van der Waals surface area contributed by atoms with Gasteiger partial charge in [-0.2, -0.15) is 0 Å². The number of hydrogen-bond acceptors (Lipinski definition) is 3. The number of piperidine rings is 1. The van der Waals surface area contributed by atoms with Gasteiger partial charge in [-0.3, -0.25) is 4.79 Å². The lowest BCUT2D eigenvalue weighted by Gasteiger charge is -2.34. The molecular weight excluding hydrogens is 216 g/mol. The number of rotatable bonds is 1. The molecule has 3 unspecified atom stereocenters. The number of nitrogens with two attached hydrogens (primary N) is 1. The maximum atomic E-state index is 12.4. The van der Waals surface area contributed by atoms with E-state index in [1.807, 2.05) is 4.90 Å². The zero-order chi connectivity index (χ0) is 12.3. The molecule has 1 aliphatic heterocycles. The molecule has 1 saturated heterocycles. The Balaban J connectivity index is 1.97. The number of aliphatic hydroxyl groups is 1. The van der Waals surface area contributed by atoms with Crippen LogP contribution in [-0.2, 0) is 4.79 Å². The van der Waals surface area contributed by atoms with E-state index in [4.69, 9.17) is 5.73 Å². The number of amides is 1. The van der Waals surface area contributed by atoms with Gasteiger partial charge in [0.2, 0.25) is 5.91 Å². The van der Waals surface area contributed by atoms with Gasteiger partial charge in [0.05, 0.1) is 12.0 Å². The number of nitrogens with zero attached hydrogens (tertiary/aromatic N) is 1. The lowest BCUT2D eigenvalue weighted by atomic mass is 9.93. The van der Waals surface area contributed by atoms with Crippen LogP contribution in [-0.4, -0.2) is 41.1 Å². The van der Waals surface area contributed by atoms with E-state index in [0.717, 1.165) is 45.1 Å². The molecular formula is C13H24N2O2. The molecule has 2 rings (SSSR count). The van der Waals surface area contributed by atoms with Crippen molar-refractivity contribution in [1.82, 2.24) is 4.90 Å². The second-order valence-electron chi connectivity index (χ2n) is 5.49. The van der Waals surface area contributed by atoms with Crippen LogP contribution in [0.5, 0.6) is 0 Å². The van der Waals surface area contributed by atoms with Gasteiger partial charge in [0.15, 0.2) is 0 Å². The van der Waals surface area contributed by atoms with Crippen molar-refractivity contribution in [2.24, 2.45) is 11.7 Å². The van der Waals surface area contributed by atoms with E-state index in [9.17, 15) is 9.90 Å².